The van der Waals surface area contributed by atoms with E-state index in [1.165, 1.54) is 11.3 Å². The maximum absolute atomic E-state index is 5.89. The fourth-order valence-electron chi connectivity index (χ4n) is 2.79. The smallest absolute Gasteiger partial charge is 0.0417 e. The van der Waals surface area contributed by atoms with E-state index in [9.17, 15) is 0 Å². The Hall–Kier alpha value is -1.22. The predicted molar refractivity (Wildman–Crippen MR) is 74.4 cm³/mol. The van der Waals surface area contributed by atoms with Crippen molar-refractivity contribution in [2.24, 2.45) is 5.92 Å². The number of benzene rings is 1. The molecular formula is C14H23N3. The van der Waals surface area contributed by atoms with Crippen LogP contribution in [0.15, 0.2) is 18.2 Å². The van der Waals surface area contributed by atoms with Crippen LogP contribution in [0.5, 0.6) is 0 Å². The average molecular weight is 233 g/mol. The lowest BCUT2D eigenvalue weighted by molar-refractivity contribution is 0.266. The van der Waals surface area contributed by atoms with Crippen LogP contribution in [0.3, 0.4) is 0 Å². The first kappa shape index (κ1) is 12.2. The van der Waals surface area contributed by atoms with E-state index in [4.69, 9.17) is 5.73 Å². The summed E-state index contributed by atoms with van der Waals surface area (Å²) in [6, 6.07) is 6.82. The van der Waals surface area contributed by atoms with Gasteiger partial charge in [-0.1, -0.05) is 13.0 Å². The van der Waals surface area contributed by atoms with Crippen LogP contribution in [0.1, 0.15) is 12.5 Å². The summed E-state index contributed by atoms with van der Waals surface area (Å²) in [5.41, 5.74) is 9.34. The van der Waals surface area contributed by atoms with Crippen LogP contribution in [0.4, 0.5) is 11.4 Å². The van der Waals surface area contributed by atoms with E-state index < -0.39 is 0 Å². The number of likely N-dealkylation sites (N-methyl/N-ethyl adjacent to an activating group) is 1. The quantitative estimate of drug-likeness (QED) is 0.793. The van der Waals surface area contributed by atoms with Crippen LogP contribution < -0.4 is 10.6 Å². The van der Waals surface area contributed by atoms with Crippen molar-refractivity contribution in [3.05, 3.63) is 23.8 Å². The first-order chi connectivity index (χ1) is 7.99. The number of nitrogens with two attached hydrogens (primary N) is 1. The van der Waals surface area contributed by atoms with E-state index in [1.54, 1.807) is 0 Å². The Labute approximate surface area is 104 Å². The van der Waals surface area contributed by atoms with Crippen molar-refractivity contribution in [3.63, 3.8) is 0 Å². The second kappa shape index (κ2) is 4.57. The van der Waals surface area contributed by atoms with Gasteiger partial charge in [-0.05, 0) is 44.6 Å². The van der Waals surface area contributed by atoms with Gasteiger partial charge in [-0.15, -0.1) is 0 Å². The fourth-order valence-corrected chi connectivity index (χ4v) is 2.79. The molecule has 1 saturated heterocycles. The summed E-state index contributed by atoms with van der Waals surface area (Å²) in [5, 5.41) is 0. The minimum Gasteiger partial charge on any atom is -0.399 e. The van der Waals surface area contributed by atoms with E-state index >= 15 is 0 Å². The normalized spacial score (nSPS) is 24.6. The summed E-state index contributed by atoms with van der Waals surface area (Å²) in [7, 11) is 4.33. The molecule has 0 amide bonds. The summed E-state index contributed by atoms with van der Waals surface area (Å²) >= 11 is 0. The third kappa shape index (κ3) is 2.39. The molecule has 17 heavy (non-hydrogen) atoms. The lowest BCUT2D eigenvalue weighted by atomic mass is 10.1. The van der Waals surface area contributed by atoms with Gasteiger partial charge in [0.05, 0.1) is 0 Å². The van der Waals surface area contributed by atoms with Gasteiger partial charge in [0.15, 0.2) is 0 Å². The topological polar surface area (TPSA) is 32.5 Å². The third-order valence-electron chi connectivity index (χ3n) is 3.81. The molecule has 1 heterocycles. The van der Waals surface area contributed by atoms with Gasteiger partial charge in [-0.25, -0.2) is 0 Å². The minimum atomic E-state index is 0.635. The summed E-state index contributed by atoms with van der Waals surface area (Å²) in [6.07, 6.45) is 0. The highest BCUT2D eigenvalue weighted by molar-refractivity contribution is 5.61. The number of rotatable bonds is 2. The van der Waals surface area contributed by atoms with Gasteiger partial charge in [-0.2, -0.15) is 0 Å². The van der Waals surface area contributed by atoms with Crippen molar-refractivity contribution < 1.29 is 0 Å². The van der Waals surface area contributed by atoms with E-state index in [0.717, 1.165) is 18.8 Å². The van der Waals surface area contributed by atoms with Gasteiger partial charge in [0.1, 0.15) is 0 Å². The Morgan fingerprint density at radius 1 is 1.29 bits per heavy atom. The molecule has 3 heteroatoms. The molecule has 2 atom stereocenters. The SMILES string of the molecule is Cc1ccc(N)cc1N1CC(C)C(N(C)C)C1. The van der Waals surface area contributed by atoms with Gasteiger partial charge >= 0.3 is 0 Å². The predicted octanol–water partition coefficient (Wildman–Crippen LogP) is 1.96. The van der Waals surface area contributed by atoms with Crippen molar-refractivity contribution in [2.75, 3.05) is 37.8 Å². The highest BCUT2D eigenvalue weighted by Gasteiger charge is 2.31. The summed E-state index contributed by atoms with van der Waals surface area (Å²) in [6.45, 7) is 6.69. The Bertz CT molecular complexity index is 400. The number of hydrogen-bond donors (Lipinski definition) is 1. The van der Waals surface area contributed by atoms with Crippen LogP contribution in [0, 0.1) is 12.8 Å². The van der Waals surface area contributed by atoms with Crippen LogP contribution in [0.25, 0.3) is 0 Å². The van der Waals surface area contributed by atoms with Gasteiger partial charge < -0.3 is 15.5 Å². The molecule has 1 aromatic rings. The second-order valence-corrected chi connectivity index (χ2v) is 5.46. The van der Waals surface area contributed by atoms with Crippen LogP contribution in [-0.4, -0.2) is 38.1 Å². The molecule has 0 aliphatic carbocycles. The summed E-state index contributed by atoms with van der Waals surface area (Å²) in [4.78, 5) is 4.79. The number of nitrogen functional groups attached to an aromatic ring is 1. The van der Waals surface area contributed by atoms with Crippen LogP contribution in [0.2, 0.25) is 0 Å². The zero-order valence-corrected chi connectivity index (χ0v) is 11.3. The van der Waals surface area contributed by atoms with Gasteiger partial charge in [-0.3, -0.25) is 0 Å². The lowest BCUT2D eigenvalue weighted by Gasteiger charge is -2.24. The molecule has 1 aliphatic rings. The molecule has 0 aromatic heterocycles. The number of anilines is 2. The summed E-state index contributed by atoms with van der Waals surface area (Å²) < 4.78 is 0. The zero-order valence-electron chi connectivity index (χ0n) is 11.3. The van der Waals surface area contributed by atoms with Gasteiger partial charge in [0.25, 0.3) is 0 Å². The van der Waals surface area contributed by atoms with Crippen LogP contribution in [-0.2, 0) is 0 Å². The molecule has 1 fully saturated rings. The van der Waals surface area contributed by atoms with Crippen molar-refractivity contribution in [2.45, 2.75) is 19.9 Å². The van der Waals surface area contributed by atoms with Gasteiger partial charge in [0.2, 0.25) is 0 Å². The Morgan fingerprint density at radius 2 is 2.00 bits per heavy atom. The largest absolute Gasteiger partial charge is 0.399 e. The molecule has 2 rings (SSSR count). The first-order valence-electron chi connectivity index (χ1n) is 6.26. The molecule has 94 valence electrons. The minimum absolute atomic E-state index is 0.635. The van der Waals surface area contributed by atoms with Crippen LogP contribution >= 0.6 is 0 Å². The number of aryl methyl sites for hydroxylation is 1. The molecule has 1 aromatic carbocycles. The Balaban J connectivity index is 2.22. The maximum Gasteiger partial charge on any atom is 0.0417 e. The van der Waals surface area contributed by atoms with Crippen molar-refractivity contribution in [1.29, 1.82) is 0 Å². The average Bonchev–Trinajstić information content (AvgIpc) is 2.64. The molecule has 1 aliphatic heterocycles. The Morgan fingerprint density at radius 3 is 2.59 bits per heavy atom. The van der Waals surface area contributed by atoms with E-state index in [1.807, 2.05) is 6.07 Å². The van der Waals surface area contributed by atoms with E-state index in [2.05, 4.69) is 49.9 Å². The molecule has 2 N–H and O–H groups in total. The number of hydrogen-bond acceptors (Lipinski definition) is 3. The monoisotopic (exact) mass is 233 g/mol. The third-order valence-corrected chi connectivity index (χ3v) is 3.81. The molecule has 0 spiro atoms. The Kier molecular flexibility index (Phi) is 3.29. The standard InChI is InChI=1S/C14H23N3/c1-10-5-6-12(15)7-13(10)17-8-11(2)14(9-17)16(3)4/h5-7,11,14H,8-9,15H2,1-4H3. The highest BCUT2D eigenvalue weighted by Crippen LogP contribution is 2.29. The molecule has 2 unspecified atom stereocenters. The lowest BCUT2D eigenvalue weighted by Crippen LogP contribution is -2.34. The van der Waals surface area contributed by atoms with E-state index in [-0.39, 0.29) is 0 Å². The first-order valence-corrected chi connectivity index (χ1v) is 6.26. The molecule has 0 bridgehead atoms. The molecule has 3 nitrogen and oxygen atoms in total. The molecular weight excluding hydrogens is 210 g/mol. The molecule has 0 saturated carbocycles. The van der Waals surface area contributed by atoms with Gasteiger partial charge in [0, 0.05) is 30.5 Å². The maximum atomic E-state index is 5.89. The number of nitrogens with zero attached hydrogens (tertiary/aromatic N) is 2. The second-order valence-electron chi connectivity index (χ2n) is 5.46. The van der Waals surface area contributed by atoms with Crippen molar-refractivity contribution in [1.82, 2.24) is 4.90 Å². The fraction of sp³-hybridized carbons (Fsp3) is 0.571. The van der Waals surface area contributed by atoms with E-state index in [0.29, 0.717) is 12.0 Å². The molecule has 0 radical (unpaired) electrons. The zero-order chi connectivity index (χ0) is 12.6. The van der Waals surface area contributed by atoms with Crippen molar-refractivity contribution in [3.8, 4) is 0 Å². The highest BCUT2D eigenvalue weighted by atomic mass is 15.2. The van der Waals surface area contributed by atoms with Crippen molar-refractivity contribution >= 4 is 11.4 Å². The summed E-state index contributed by atoms with van der Waals surface area (Å²) in [5.74, 6) is 0.700.